The largest absolute Gasteiger partial charge is 0.343 e. The Hall–Kier alpha value is -2.68. The van der Waals surface area contributed by atoms with Gasteiger partial charge in [-0.2, -0.15) is 0 Å². The van der Waals surface area contributed by atoms with E-state index in [0.717, 1.165) is 21.5 Å². The molecule has 9 heteroatoms. The highest BCUT2D eigenvalue weighted by molar-refractivity contribution is 7.12. The van der Waals surface area contributed by atoms with Gasteiger partial charge in [0.25, 0.3) is 5.91 Å². The summed E-state index contributed by atoms with van der Waals surface area (Å²) in [5.74, 6) is -0.890. The summed E-state index contributed by atoms with van der Waals surface area (Å²) in [4.78, 5) is 39.2. The first-order chi connectivity index (χ1) is 10.5. The van der Waals surface area contributed by atoms with Crippen LogP contribution < -0.4 is 10.7 Å². The van der Waals surface area contributed by atoms with Crippen LogP contribution in [-0.4, -0.2) is 39.0 Å². The standard InChI is InChI=1S/C13H13N5O3S/c1-7-5-9(8(2)18(7)13-14-3-4-22-13)11(20)16-17-6-10(19)15-12(17)21/h3-5H,6H2,1-2H3,(H,16,20)(H,15,19,21). The summed E-state index contributed by atoms with van der Waals surface area (Å²) in [6.07, 6.45) is 1.69. The lowest BCUT2D eigenvalue weighted by molar-refractivity contribution is -0.118. The number of amides is 4. The van der Waals surface area contributed by atoms with Gasteiger partial charge in [-0.25, -0.2) is 14.8 Å². The van der Waals surface area contributed by atoms with Gasteiger partial charge in [-0.05, 0) is 19.9 Å². The van der Waals surface area contributed by atoms with Crippen molar-refractivity contribution in [2.24, 2.45) is 0 Å². The topological polar surface area (TPSA) is 96.3 Å². The number of nitrogens with zero attached hydrogens (tertiary/aromatic N) is 3. The van der Waals surface area contributed by atoms with Crippen molar-refractivity contribution in [2.75, 3.05) is 6.54 Å². The van der Waals surface area contributed by atoms with Crippen molar-refractivity contribution >= 4 is 29.2 Å². The number of hydrazine groups is 1. The summed E-state index contributed by atoms with van der Waals surface area (Å²) >= 11 is 1.46. The Bertz CT molecular complexity index is 765. The predicted octanol–water partition coefficient (Wildman–Crippen LogP) is 0.747. The third-order valence-electron chi connectivity index (χ3n) is 3.32. The predicted molar refractivity (Wildman–Crippen MR) is 78.6 cm³/mol. The molecule has 1 aliphatic rings. The van der Waals surface area contributed by atoms with Crippen LogP contribution in [0.1, 0.15) is 21.7 Å². The lowest BCUT2D eigenvalue weighted by Gasteiger charge is -2.14. The lowest BCUT2D eigenvalue weighted by Crippen LogP contribution is -2.44. The van der Waals surface area contributed by atoms with Crippen LogP contribution in [0.2, 0.25) is 0 Å². The van der Waals surface area contributed by atoms with E-state index in [1.807, 2.05) is 16.9 Å². The number of aryl methyl sites for hydroxylation is 1. The number of carbonyl (C=O) groups is 3. The van der Waals surface area contributed by atoms with Crippen LogP contribution in [0.5, 0.6) is 0 Å². The second-order valence-electron chi connectivity index (χ2n) is 4.82. The summed E-state index contributed by atoms with van der Waals surface area (Å²) < 4.78 is 1.87. The molecule has 0 spiro atoms. The summed E-state index contributed by atoms with van der Waals surface area (Å²) in [5, 5.41) is 5.68. The highest BCUT2D eigenvalue weighted by Gasteiger charge is 2.29. The van der Waals surface area contributed by atoms with Gasteiger partial charge in [-0.3, -0.25) is 24.9 Å². The number of hydrogen-bond acceptors (Lipinski definition) is 5. The van der Waals surface area contributed by atoms with Gasteiger partial charge in [0.2, 0.25) is 5.91 Å². The zero-order valence-electron chi connectivity index (χ0n) is 11.9. The number of rotatable bonds is 3. The fourth-order valence-corrected chi connectivity index (χ4v) is 3.08. The Morgan fingerprint density at radius 3 is 2.77 bits per heavy atom. The Labute approximate surface area is 129 Å². The third-order valence-corrected chi connectivity index (χ3v) is 4.07. The lowest BCUT2D eigenvalue weighted by atomic mass is 10.2. The minimum Gasteiger partial charge on any atom is -0.294 e. The van der Waals surface area contributed by atoms with Gasteiger partial charge in [-0.15, -0.1) is 11.3 Å². The summed E-state index contributed by atoms with van der Waals surface area (Å²) in [6, 6.07) is 1.09. The highest BCUT2D eigenvalue weighted by atomic mass is 32.1. The second kappa shape index (κ2) is 5.26. The van der Waals surface area contributed by atoms with E-state index in [2.05, 4.69) is 15.7 Å². The fourth-order valence-electron chi connectivity index (χ4n) is 2.33. The molecule has 0 unspecified atom stereocenters. The van der Waals surface area contributed by atoms with Crippen LogP contribution >= 0.6 is 11.3 Å². The van der Waals surface area contributed by atoms with E-state index in [0.29, 0.717) is 5.56 Å². The molecular weight excluding hydrogens is 306 g/mol. The average Bonchev–Trinajstić information content (AvgIpc) is 3.12. The van der Waals surface area contributed by atoms with Crippen molar-refractivity contribution in [1.29, 1.82) is 0 Å². The van der Waals surface area contributed by atoms with Gasteiger partial charge >= 0.3 is 6.03 Å². The van der Waals surface area contributed by atoms with E-state index < -0.39 is 17.8 Å². The number of imide groups is 1. The van der Waals surface area contributed by atoms with Crippen molar-refractivity contribution in [3.63, 3.8) is 0 Å². The minimum atomic E-state index is -0.632. The Kier molecular flexibility index (Phi) is 3.41. The quantitative estimate of drug-likeness (QED) is 0.816. The van der Waals surface area contributed by atoms with Gasteiger partial charge < -0.3 is 0 Å². The van der Waals surface area contributed by atoms with Crippen molar-refractivity contribution < 1.29 is 14.4 Å². The van der Waals surface area contributed by atoms with E-state index in [1.165, 1.54) is 11.3 Å². The summed E-state index contributed by atoms with van der Waals surface area (Å²) in [6.45, 7) is 3.49. The number of carbonyl (C=O) groups excluding carboxylic acids is 3. The van der Waals surface area contributed by atoms with Gasteiger partial charge in [0, 0.05) is 23.0 Å². The van der Waals surface area contributed by atoms with Gasteiger partial charge in [0.15, 0.2) is 5.13 Å². The first-order valence-electron chi connectivity index (χ1n) is 6.48. The molecule has 2 aromatic heterocycles. The van der Waals surface area contributed by atoms with Gasteiger partial charge in [0.05, 0.1) is 5.56 Å². The van der Waals surface area contributed by atoms with Crippen molar-refractivity contribution in [3.8, 4) is 5.13 Å². The SMILES string of the molecule is Cc1cc(C(=O)NN2CC(=O)NC2=O)c(C)n1-c1nccs1. The normalized spacial score (nSPS) is 14.4. The molecule has 0 aliphatic carbocycles. The van der Waals surface area contributed by atoms with Crippen LogP contribution in [0.4, 0.5) is 4.79 Å². The van der Waals surface area contributed by atoms with Crippen LogP contribution in [0.3, 0.4) is 0 Å². The molecule has 22 heavy (non-hydrogen) atoms. The number of urea groups is 1. The van der Waals surface area contributed by atoms with Crippen LogP contribution in [0.25, 0.3) is 5.13 Å². The van der Waals surface area contributed by atoms with Crippen LogP contribution in [-0.2, 0) is 4.79 Å². The summed E-state index contributed by atoms with van der Waals surface area (Å²) in [7, 11) is 0. The van der Waals surface area contributed by atoms with Crippen molar-refractivity contribution in [2.45, 2.75) is 13.8 Å². The highest BCUT2D eigenvalue weighted by Crippen LogP contribution is 2.22. The molecular formula is C13H13N5O3S. The first-order valence-corrected chi connectivity index (χ1v) is 7.36. The monoisotopic (exact) mass is 319 g/mol. The molecule has 1 saturated heterocycles. The smallest absolute Gasteiger partial charge is 0.294 e. The number of aromatic nitrogens is 2. The van der Waals surface area contributed by atoms with E-state index in [9.17, 15) is 14.4 Å². The molecule has 0 radical (unpaired) electrons. The van der Waals surface area contributed by atoms with Crippen LogP contribution in [0.15, 0.2) is 17.6 Å². The van der Waals surface area contributed by atoms with Crippen molar-refractivity contribution in [1.82, 2.24) is 25.3 Å². The molecule has 2 N–H and O–H groups in total. The summed E-state index contributed by atoms with van der Waals surface area (Å²) in [5.41, 5.74) is 4.44. The maximum Gasteiger partial charge on any atom is 0.343 e. The molecule has 0 atom stereocenters. The first kappa shape index (κ1) is 14.3. The molecule has 114 valence electrons. The van der Waals surface area contributed by atoms with E-state index >= 15 is 0 Å². The molecule has 8 nitrogen and oxygen atoms in total. The maximum absolute atomic E-state index is 12.3. The van der Waals surface area contributed by atoms with Gasteiger partial charge in [-0.1, -0.05) is 0 Å². The zero-order valence-corrected chi connectivity index (χ0v) is 12.7. The molecule has 0 aromatic carbocycles. The van der Waals surface area contributed by atoms with Crippen molar-refractivity contribution in [3.05, 3.63) is 34.6 Å². The molecule has 0 bridgehead atoms. The van der Waals surface area contributed by atoms with Gasteiger partial charge in [0.1, 0.15) is 6.54 Å². The number of thiazole rings is 1. The number of hydrogen-bond donors (Lipinski definition) is 2. The van der Waals surface area contributed by atoms with E-state index in [-0.39, 0.29) is 6.54 Å². The number of nitrogens with one attached hydrogen (secondary N) is 2. The molecule has 4 amide bonds. The van der Waals surface area contributed by atoms with Crippen LogP contribution in [0, 0.1) is 13.8 Å². The molecule has 1 fully saturated rings. The third kappa shape index (κ3) is 2.35. The molecule has 1 aliphatic heterocycles. The fraction of sp³-hybridized carbons (Fsp3) is 0.231. The second-order valence-corrected chi connectivity index (χ2v) is 5.69. The average molecular weight is 319 g/mol. The zero-order chi connectivity index (χ0) is 15.9. The molecule has 3 heterocycles. The Morgan fingerprint density at radius 2 is 2.18 bits per heavy atom. The molecule has 2 aromatic rings. The molecule has 3 rings (SSSR count). The maximum atomic E-state index is 12.3. The Morgan fingerprint density at radius 1 is 1.41 bits per heavy atom. The van der Waals surface area contributed by atoms with E-state index in [4.69, 9.17) is 0 Å². The van der Waals surface area contributed by atoms with E-state index in [1.54, 1.807) is 19.2 Å². The Balaban J connectivity index is 1.86. The molecule has 0 saturated carbocycles. The minimum absolute atomic E-state index is 0.185.